The van der Waals surface area contributed by atoms with Gasteiger partial charge in [-0.05, 0) is 30.5 Å². The molecule has 0 aliphatic carbocycles. The van der Waals surface area contributed by atoms with Gasteiger partial charge in [0.2, 0.25) is 11.7 Å². The zero-order valence-corrected chi connectivity index (χ0v) is 19.9. The molecule has 0 amide bonds. The highest BCUT2D eigenvalue weighted by Crippen LogP contribution is 2.44. The van der Waals surface area contributed by atoms with E-state index >= 15 is 0 Å². The van der Waals surface area contributed by atoms with E-state index in [4.69, 9.17) is 9.15 Å². The number of carbonyl (C=O) groups is 3. The molecule has 3 aromatic rings. The first-order valence-electron chi connectivity index (χ1n) is 11.7. The molecular weight excluding hydrogens is 460 g/mol. The largest absolute Gasteiger partial charge is 0.460 e. The van der Waals surface area contributed by atoms with Gasteiger partial charge in [0.1, 0.15) is 18.4 Å². The summed E-state index contributed by atoms with van der Waals surface area (Å²) in [7, 11) is 0. The Morgan fingerprint density at radius 1 is 1.00 bits per heavy atom. The normalized spacial score (nSPS) is 18.0. The minimum Gasteiger partial charge on any atom is -0.460 e. The van der Waals surface area contributed by atoms with Gasteiger partial charge in [0, 0.05) is 25.3 Å². The first-order chi connectivity index (χ1) is 17.5. The topological polar surface area (TPSA) is 98.7 Å². The monoisotopic (exact) mass is 486 g/mol. The number of Topliss-reactive ketones (excluding diaryl/α,β-unsaturated/α-hetero) is 1. The third kappa shape index (κ3) is 6.68. The minimum atomic E-state index is -0.723. The number of oxazole rings is 1. The molecule has 8 heteroatoms. The van der Waals surface area contributed by atoms with Gasteiger partial charge in [0.25, 0.3) is 0 Å². The maximum absolute atomic E-state index is 12.4. The van der Waals surface area contributed by atoms with Crippen molar-refractivity contribution in [3.63, 3.8) is 0 Å². The average Bonchev–Trinajstić information content (AvgIpc) is 3.36. The van der Waals surface area contributed by atoms with Crippen LogP contribution in [0.5, 0.6) is 0 Å². The first kappa shape index (κ1) is 24.9. The minimum absolute atomic E-state index is 0.0820. The van der Waals surface area contributed by atoms with Gasteiger partial charge in [-0.15, -0.1) is 0 Å². The van der Waals surface area contributed by atoms with Gasteiger partial charge in [-0.3, -0.25) is 9.69 Å². The summed E-state index contributed by atoms with van der Waals surface area (Å²) in [6.07, 6.45) is 1.99. The van der Waals surface area contributed by atoms with Crippen LogP contribution in [0.1, 0.15) is 47.0 Å². The molecular formula is C28H26N2O6. The van der Waals surface area contributed by atoms with Gasteiger partial charge in [-0.2, -0.15) is 0 Å². The standard InChI is InChI=1S/C28H26N2O6/c1-2-34-25(32)16-14-22(31)13-15-23-17-29-27(36-23)26-24(30(26)18-20-9-5-3-6-10-20)19-35-28(33)21-11-7-4-8-12-21/h3-12,17,24,26H,2,13,15,18-19H2,1H3/t24-,26-,30?/m0/s1. The quantitative estimate of drug-likeness (QED) is 0.141. The molecule has 0 N–H and O–H groups in total. The van der Waals surface area contributed by atoms with Gasteiger partial charge in [-0.25, -0.2) is 14.6 Å². The van der Waals surface area contributed by atoms with Gasteiger partial charge < -0.3 is 13.9 Å². The Labute approximate surface area is 209 Å². The van der Waals surface area contributed by atoms with Crippen LogP contribution in [0.3, 0.4) is 0 Å². The summed E-state index contributed by atoms with van der Waals surface area (Å²) in [4.78, 5) is 42.2. The molecule has 184 valence electrons. The van der Waals surface area contributed by atoms with E-state index in [0.717, 1.165) is 5.56 Å². The van der Waals surface area contributed by atoms with Gasteiger partial charge in [0.15, 0.2) is 0 Å². The molecule has 1 aliphatic heterocycles. The van der Waals surface area contributed by atoms with Crippen molar-refractivity contribution in [2.45, 2.75) is 38.4 Å². The van der Waals surface area contributed by atoms with Crippen LogP contribution in [0, 0.1) is 11.8 Å². The number of aryl methyl sites for hydroxylation is 1. The van der Waals surface area contributed by atoms with E-state index in [1.54, 1.807) is 37.4 Å². The number of rotatable bonds is 10. The third-order valence-corrected chi connectivity index (χ3v) is 5.66. The molecule has 0 spiro atoms. The highest BCUT2D eigenvalue weighted by Gasteiger charge is 2.52. The molecule has 0 radical (unpaired) electrons. The number of hydrogen-bond acceptors (Lipinski definition) is 8. The van der Waals surface area contributed by atoms with Crippen molar-refractivity contribution in [1.29, 1.82) is 0 Å². The van der Waals surface area contributed by atoms with Crippen molar-refractivity contribution in [3.8, 4) is 11.8 Å². The zero-order chi connectivity index (χ0) is 25.3. The number of ketones is 1. The summed E-state index contributed by atoms with van der Waals surface area (Å²) >= 11 is 0. The van der Waals surface area contributed by atoms with Crippen LogP contribution in [-0.2, 0) is 32.0 Å². The third-order valence-electron chi connectivity index (χ3n) is 5.66. The molecule has 1 saturated heterocycles. The van der Waals surface area contributed by atoms with E-state index in [1.165, 1.54) is 0 Å². The van der Waals surface area contributed by atoms with E-state index in [0.29, 0.717) is 30.2 Å². The number of esters is 2. The lowest BCUT2D eigenvalue weighted by Crippen LogP contribution is -2.13. The molecule has 1 aliphatic rings. The predicted molar refractivity (Wildman–Crippen MR) is 129 cm³/mol. The van der Waals surface area contributed by atoms with Crippen LogP contribution in [0.15, 0.2) is 71.3 Å². The lowest BCUT2D eigenvalue weighted by atomic mass is 10.2. The fraction of sp³-hybridized carbons (Fsp3) is 0.286. The van der Waals surface area contributed by atoms with E-state index < -0.39 is 5.97 Å². The Hall–Kier alpha value is -4.22. The van der Waals surface area contributed by atoms with Gasteiger partial charge in [0.05, 0.1) is 24.4 Å². The smallest absolute Gasteiger partial charge is 0.384 e. The highest BCUT2D eigenvalue weighted by atomic mass is 16.5. The summed E-state index contributed by atoms with van der Waals surface area (Å²) in [5, 5.41) is 0. The number of nitrogens with zero attached hydrogens (tertiary/aromatic N) is 2. The van der Waals surface area contributed by atoms with Crippen molar-refractivity contribution in [2.24, 2.45) is 0 Å². The Morgan fingerprint density at radius 2 is 1.72 bits per heavy atom. The van der Waals surface area contributed by atoms with Gasteiger partial charge in [-0.1, -0.05) is 48.5 Å². The number of hydrogen-bond donors (Lipinski definition) is 0. The second-order valence-electron chi connectivity index (χ2n) is 8.19. The summed E-state index contributed by atoms with van der Waals surface area (Å²) in [5.74, 6) is 4.01. The fourth-order valence-corrected chi connectivity index (χ4v) is 3.81. The molecule has 1 unspecified atom stereocenters. The van der Waals surface area contributed by atoms with E-state index in [-0.39, 0.29) is 43.5 Å². The Bertz CT molecular complexity index is 1260. The molecule has 0 saturated carbocycles. The van der Waals surface area contributed by atoms with Crippen LogP contribution in [-0.4, -0.2) is 46.9 Å². The van der Waals surface area contributed by atoms with Crippen molar-refractivity contribution >= 4 is 17.7 Å². The summed E-state index contributed by atoms with van der Waals surface area (Å²) < 4.78 is 16.2. The fourth-order valence-electron chi connectivity index (χ4n) is 3.81. The average molecular weight is 487 g/mol. The summed E-state index contributed by atoms with van der Waals surface area (Å²) in [6, 6.07) is 18.6. The lowest BCUT2D eigenvalue weighted by molar-refractivity contribution is -0.136. The van der Waals surface area contributed by atoms with E-state index in [2.05, 4.69) is 26.5 Å². The Morgan fingerprint density at radius 3 is 2.44 bits per heavy atom. The molecule has 0 bridgehead atoms. The number of ether oxygens (including phenoxy) is 2. The molecule has 36 heavy (non-hydrogen) atoms. The van der Waals surface area contributed by atoms with Crippen LogP contribution in [0.25, 0.3) is 0 Å². The Kier molecular flexibility index (Phi) is 8.27. The van der Waals surface area contributed by atoms with Crippen LogP contribution >= 0.6 is 0 Å². The lowest BCUT2D eigenvalue weighted by Gasteiger charge is -2.05. The number of benzene rings is 2. The molecule has 4 rings (SSSR count). The second kappa shape index (κ2) is 12.0. The highest BCUT2D eigenvalue weighted by molar-refractivity contribution is 6.02. The van der Waals surface area contributed by atoms with Crippen molar-refractivity contribution in [3.05, 3.63) is 89.6 Å². The molecule has 2 aromatic carbocycles. The second-order valence-corrected chi connectivity index (χ2v) is 8.19. The maximum atomic E-state index is 12.4. The molecule has 1 fully saturated rings. The summed E-state index contributed by atoms with van der Waals surface area (Å²) in [6.45, 7) is 2.72. The summed E-state index contributed by atoms with van der Waals surface area (Å²) in [5.41, 5.74) is 1.62. The zero-order valence-electron chi connectivity index (χ0n) is 19.9. The predicted octanol–water partition coefficient (Wildman–Crippen LogP) is 3.53. The van der Waals surface area contributed by atoms with Gasteiger partial charge >= 0.3 is 11.9 Å². The molecule has 1 aromatic heterocycles. The van der Waals surface area contributed by atoms with Crippen LogP contribution in [0.2, 0.25) is 0 Å². The van der Waals surface area contributed by atoms with Crippen molar-refractivity contribution in [2.75, 3.05) is 13.2 Å². The first-order valence-corrected chi connectivity index (χ1v) is 11.7. The molecule has 2 heterocycles. The number of aromatic nitrogens is 1. The van der Waals surface area contributed by atoms with Crippen LogP contribution < -0.4 is 0 Å². The van der Waals surface area contributed by atoms with E-state index in [1.807, 2.05) is 36.4 Å². The Balaban J connectivity index is 1.37. The maximum Gasteiger partial charge on any atom is 0.384 e. The van der Waals surface area contributed by atoms with Crippen molar-refractivity contribution in [1.82, 2.24) is 9.88 Å². The van der Waals surface area contributed by atoms with E-state index in [9.17, 15) is 14.4 Å². The SMILES string of the molecule is CCOC(=O)C#CC(=O)CCc1cnc([C@@H]2[C@H](COC(=O)c3ccccc3)N2Cc2ccccc2)o1. The van der Waals surface area contributed by atoms with Crippen LogP contribution in [0.4, 0.5) is 0 Å². The molecule has 8 nitrogen and oxygen atoms in total. The van der Waals surface area contributed by atoms with Crippen molar-refractivity contribution < 1.29 is 28.3 Å². The number of carbonyl (C=O) groups excluding carboxylic acids is 3. The molecule has 3 atom stereocenters.